The van der Waals surface area contributed by atoms with Gasteiger partial charge in [-0.3, -0.25) is 4.79 Å². The highest BCUT2D eigenvalue weighted by atomic mass is 35.5. The van der Waals surface area contributed by atoms with Crippen LogP contribution >= 0.6 is 11.6 Å². The molecule has 0 aliphatic carbocycles. The number of amides is 1. The average Bonchev–Trinajstić information content (AvgIpc) is 2.72. The number of hydrogen-bond donors (Lipinski definition) is 1. The van der Waals surface area contributed by atoms with Gasteiger partial charge in [-0.25, -0.2) is 9.97 Å². The molecule has 5 nitrogen and oxygen atoms in total. The highest BCUT2D eigenvalue weighted by Crippen LogP contribution is 2.17. The fourth-order valence-corrected chi connectivity index (χ4v) is 2.98. The van der Waals surface area contributed by atoms with E-state index in [0.29, 0.717) is 29.6 Å². The van der Waals surface area contributed by atoms with E-state index in [4.69, 9.17) is 11.6 Å². The monoisotopic (exact) mass is 394 g/mol. The van der Waals surface area contributed by atoms with Crippen LogP contribution in [0.5, 0.6) is 0 Å². The van der Waals surface area contributed by atoms with Crippen LogP contribution in [-0.4, -0.2) is 26.8 Å². The molecular weight excluding hydrogens is 372 g/mol. The highest BCUT2D eigenvalue weighted by Gasteiger charge is 2.20. The van der Waals surface area contributed by atoms with E-state index in [2.05, 4.69) is 15.3 Å². The van der Waals surface area contributed by atoms with Crippen molar-refractivity contribution in [2.24, 2.45) is 0 Å². The maximum Gasteiger partial charge on any atom is 0.274 e. The zero-order valence-corrected chi connectivity index (χ0v) is 16.7. The molecule has 0 spiro atoms. The van der Waals surface area contributed by atoms with Crippen LogP contribution < -0.4 is 5.32 Å². The minimum atomic E-state index is -0.135. The third-order valence-corrected chi connectivity index (χ3v) is 4.74. The summed E-state index contributed by atoms with van der Waals surface area (Å²) in [7, 11) is 0. The van der Waals surface area contributed by atoms with Crippen molar-refractivity contribution in [1.29, 1.82) is 0 Å². The van der Waals surface area contributed by atoms with Gasteiger partial charge in [0.2, 0.25) is 0 Å². The summed E-state index contributed by atoms with van der Waals surface area (Å²) >= 11 is 6.16. The van der Waals surface area contributed by atoms with Gasteiger partial charge in [0.1, 0.15) is 11.5 Å². The molecule has 2 aromatic carbocycles. The molecule has 0 fully saturated rings. The van der Waals surface area contributed by atoms with Gasteiger partial charge in [0, 0.05) is 24.2 Å². The van der Waals surface area contributed by atoms with Crippen molar-refractivity contribution in [3.05, 3.63) is 88.8 Å². The second kappa shape index (κ2) is 9.33. The predicted octanol–water partition coefficient (Wildman–Crippen LogP) is 4.79. The number of carbonyl (C=O) groups is 1. The predicted molar refractivity (Wildman–Crippen MR) is 112 cm³/mol. The molecule has 1 aromatic heterocycles. The Balaban J connectivity index is 1.67. The average molecular weight is 395 g/mol. The molecule has 0 saturated heterocycles. The lowest BCUT2D eigenvalue weighted by molar-refractivity contribution is 0.0684. The Bertz CT molecular complexity index is 913. The number of halogens is 1. The van der Waals surface area contributed by atoms with E-state index < -0.39 is 0 Å². The van der Waals surface area contributed by atoms with Crippen LogP contribution in [0, 0.1) is 0 Å². The molecule has 1 amide bonds. The number of aromatic nitrogens is 2. The van der Waals surface area contributed by atoms with E-state index in [1.165, 1.54) is 6.20 Å². The Morgan fingerprint density at radius 2 is 1.75 bits per heavy atom. The molecule has 0 radical (unpaired) electrons. The summed E-state index contributed by atoms with van der Waals surface area (Å²) in [6.07, 6.45) is 3.09. The lowest BCUT2D eigenvalue weighted by atomic mass is 10.2. The number of carbonyl (C=O) groups excluding carboxylic acids is 1. The second-order valence-corrected chi connectivity index (χ2v) is 7.15. The van der Waals surface area contributed by atoms with E-state index in [-0.39, 0.29) is 11.9 Å². The fraction of sp³-hybridized carbons (Fsp3) is 0.227. The van der Waals surface area contributed by atoms with Crippen LogP contribution in [0.4, 0.5) is 5.82 Å². The Kier molecular flexibility index (Phi) is 6.61. The van der Waals surface area contributed by atoms with E-state index >= 15 is 0 Å². The molecule has 1 heterocycles. The maximum atomic E-state index is 12.9. The molecule has 0 atom stereocenters. The summed E-state index contributed by atoms with van der Waals surface area (Å²) in [6, 6.07) is 17.6. The maximum absolute atomic E-state index is 12.9. The van der Waals surface area contributed by atoms with Crippen molar-refractivity contribution in [3.63, 3.8) is 0 Å². The minimum Gasteiger partial charge on any atom is -0.365 e. The standard InChI is InChI=1S/C22H23ClN4O/c1-16(2)27(15-17-8-4-3-5-9-17)22(28)20-13-26-21(14-24-20)25-12-18-10-6-7-11-19(18)23/h3-11,13-14,16H,12,15H2,1-2H3,(H,25,26). The van der Waals surface area contributed by atoms with Gasteiger partial charge in [0.15, 0.2) is 0 Å². The summed E-state index contributed by atoms with van der Waals surface area (Å²) in [5.41, 5.74) is 2.38. The molecule has 3 aromatic rings. The Hall–Kier alpha value is -2.92. The van der Waals surface area contributed by atoms with Gasteiger partial charge in [-0.1, -0.05) is 60.1 Å². The molecule has 0 bridgehead atoms. The first-order valence-corrected chi connectivity index (χ1v) is 9.56. The van der Waals surface area contributed by atoms with Gasteiger partial charge in [-0.05, 0) is 31.0 Å². The lowest BCUT2D eigenvalue weighted by Crippen LogP contribution is -2.36. The van der Waals surface area contributed by atoms with Crippen molar-refractivity contribution in [1.82, 2.24) is 14.9 Å². The van der Waals surface area contributed by atoms with Gasteiger partial charge in [-0.2, -0.15) is 0 Å². The van der Waals surface area contributed by atoms with Crippen molar-refractivity contribution < 1.29 is 4.79 Å². The lowest BCUT2D eigenvalue weighted by Gasteiger charge is -2.26. The summed E-state index contributed by atoms with van der Waals surface area (Å²) in [4.78, 5) is 23.3. The SMILES string of the molecule is CC(C)N(Cc1ccccc1)C(=O)c1cnc(NCc2ccccc2Cl)cn1. The Labute approximate surface area is 170 Å². The molecule has 0 aliphatic heterocycles. The van der Waals surface area contributed by atoms with E-state index in [9.17, 15) is 4.79 Å². The van der Waals surface area contributed by atoms with Crippen LogP contribution in [0.25, 0.3) is 0 Å². The van der Waals surface area contributed by atoms with Crippen molar-refractivity contribution in [2.45, 2.75) is 33.0 Å². The van der Waals surface area contributed by atoms with Crippen molar-refractivity contribution in [3.8, 4) is 0 Å². The third kappa shape index (κ3) is 5.08. The first kappa shape index (κ1) is 19.8. The fourth-order valence-electron chi connectivity index (χ4n) is 2.77. The number of anilines is 1. The van der Waals surface area contributed by atoms with Gasteiger partial charge >= 0.3 is 0 Å². The highest BCUT2D eigenvalue weighted by molar-refractivity contribution is 6.31. The quantitative estimate of drug-likeness (QED) is 0.625. The van der Waals surface area contributed by atoms with Crippen molar-refractivity contribution in [2.75, 3.05) is 5.32 Å². The van der Waals surface area contributed by atoms with Crippen LogP contribution in [0.15, 0.2) is 67.0 Å². The normalized spacial score (nSPS) is 10.7. The zero-order valence-electron chi connectivity index (χ0n) is 16.0. The molecular formula is C22H23ClN4O. The topological polar surface area (TPSA) is 58.1 Å². The molecule has 0 aliphatic rings. The Morgan fingerprint density at radius 1 is 1.04 bits per heavy atom. The summed E-state index contributed by atoms with van der Waals surface area (Å²) in [5.74, 6) is 0.458. The van der Waals surface area contributed by atoms with Gasteiger partial charge in [-0.15, -0.1) is 0 Å². The molecule has 28 heavy (non-hydrogen) atoms. The molecule has 3 rings (SSSR count). The zero-order chi connectivity index (χ0) is 19.9. The van der Waals surface area contributed by atoms with Crippen LogP contribution in [-0.2, 0) is 13.1 Å². The first-order valence-electron chi connectivity index (χ1n) is 9.19. The molecule has 144 valence electrons. The second-order valence-electron chi connectivity index (χ2n) is 6.74. The van der Waals surface area contributed by atoms with Crippen LogP contribution in [0.1, 0.15) is 35.5 Å². The summed E-state index contributed by atoms with van der Waals surface area (Å²) in [6.45, 7) is 5.06. The first-order chi connectivity index (χ1) is 13.5. The number of rotatable bonds is 7. The summed E-state index contributed by atoms with van der Waals surface area (Å²) in [5, 5.41) is 3.87. The van der Waals surface area contributed by atoms with Crippen molar-refractivity contribution >= 4 is 23.3 Å². The Morgan fingerprint density at radius 3 is 2.39 bits per heavy atom. The molecule has 6 heteroatoms. The van der Waals surface area contributed by atoms with E-state index in [1.807, 2.05) is 68.4 Å². The van der Waals surface area contributed by atoms with E-state index in [0.717, 1.165) is 11.1 Å². The summed E-state index contributed by atoms with van der Waals surface area (Å²) < 4.78 is 0. The smallest absolute Gasteiger partial charge is 0.274 e. The van der Waals surface area contributed by atoms with Gasteiger partial charge < -0.3 is 10.2 Å². The van der Waals surface area contributed by atoms with Gasteiger partial charge in [0.05, 0.1) is 12.4 Å². The number of nitrogens with zero attached hydrogens (tertiary/aromatic N) is 3. The molecule has 0 saturated carbocycles. The molecule has 1 N–H and O–H groups in total. The third-order valence-electron chi connectivity index (χ3n) is 4.37. The van der Waals surface area contributed by atoms with Crippen LogP contribution in [0.2, 0.25) is 5.02 Å². The number of hydrogen-bond acceptors (Lipinski definition) is 4. The number of benzene rings is 2. The largest absolute Gasteiger partial charge is 0.365 e. The van der Waals surface area contributed by atoms with E-state index in [1.54, 1.807) is 11.1 Å². The minimum absolute atomic E-state index is 0.0486. The number of nitrogens with one attached hydrogen (secondary N) is 1. The van der Waals surface area contributed by atoms with Crippen LogP contribution in [0.3, 0.4) is 0 Å². The van der Waals surface area contributed by atoms with Gasteiger partial charge in [0.25, 0.3) is 5.91 Å². The molecule has 0 unspecified atom stereocenters.